The van der Waals surface area contributed by atoms with E-state index in [4.69, 9.17) is 4.52 Å². The van der Waals surface area contributed by atoms with Gasteiger partial charge in [0.25, 0.3) is 0 Å². The Balaban J connectivity index is 1.90. The van der Waals surface area contributed by atoms with Gasteiger partial charge in [0.05, 0.1) is 34.9 Å². The molecule has 3 heterocycles. The maximum Gasteiger partial charge on any atom is 0.322 e. The van der Waals surface area contributed by atoms with Crippen molar-refractivity contribution in [1.29, 1.82) is 0 Å². The van der Waals surface area contributed by atoms with Gasteiger partial charge in [0.15, 0.2) is 0 Å². The lowest BCUT2D eigenvalue weighted by atomic mass is 9.93. The Morgan fingerprint density at radius 3 is 2.64 bits per heavy atom. The second-order valence-corrected chi connectivity index (χ2v) is 6.21. The molecule has 6 heteroatoms. The SMILES string of the molecule is Cc1noc(C)c1-c1cc2c(cn1)NC(=O)N(C)C2c1ccccc1. The second-order valence-electron chi connectivity index (χ2n) is 6.21. The molecular weight excluding hydrogens is 316 g/mol. The average molecular weight is 334 g/mol. The molecule has 1 atom stereocenters. The van der Waals surface area contributed by atoms with Crippen molar-refractivity contribution in [2.45, 2.75) is 19.9 Å². The van der Waals surface area contributed by atoms with Crippen LogP contribution < -0.4 is 5.32 Å². The normalized spacial score (nSPS) is 16.5. The van der Waals surface area contributed by atoms with Gasteiger partial charge in [-0.3, -0.25) is 4.98 Å². The molecule has 3 aromatic rings. The zero-order valence-corrected chi connectivity index (χ0v) is 14.3. The predicted molar refractivity (Wildman–Crippen MR) is 94.3 cm³/mol. The molecule has 6 nitrogen and oxygen atoms in total. The predicted octanol–water partition coefficient (Wildman–Crippen LogP) is 3.92. The summed E-state index contributed by atoms with van der Waals surface area (Å²) in [6.45, 7) is 3.77. The van der Waals surface area contributed by atoms with E-state index in [0.29, 0.717) is 0 Å². The number of urea groups is 1. The molecule has 1 unspecified atom stereocenters. The Morgan fingerprint density at radius 1 is 1.20 bits per heavy atom. The number of fused-ring (bicyclic) bond motifs is 1. The number of anilines is 1. The molecule has 0 bridgehead atoms. The molecule has 2 amide bonds. The van der Waals surface area contributed by atoms with Crippen molar-refractivity contribution in [2.24, 2.45) is 0 Å². The summed E-state index contributed by atoms with van der Waals surface area (Å²) in [5, 5.41) is 6.91. The number of rotatable bonds is 2. The van der Waals surface area contributed by atoms with Crippen LogP contribution in [0.4, 0.5) is 10.5 Å². The Morgan fingerprint density at radius 2 is 1.96 bits per heavy atom. The first-order valence-electron chi connectivity index (χ1n) is 8.08. The monoisotopic (exact) mass is 334 g/mol. The lowest BCUT2D eigenvalue weighted by molar-refractivity contribution is 0.209. The van der Waals surface area contributed by atoms with E-state index in [1.54, 1.807) is 18.1 Å². The van der Waals surface area contributed by atoms with Gasteiger partial charge in [-0.15, -0.1) is 0 Å². The molecule has 0 radical (unpaired) electrons. The molecule has 25 heavy (non-hydrogen) atoms. The molecule has 1 aromatic carbocycles. The highest BCUT2D eigenvalue weighted by Gasteiger charge is 2.32. The first-order chi connectivity index (χ1) is 12.1. The second kappa shape index (κ2) is 5.73. The number of aromatic nitrogens is 2. The van der Waals surface area contributed by atoms with Gasteiger partial charge < -0.3 is 14.7 Å². The van der Waals surface area contributed by atoms with Gasteiger partial charge in [-0.25, -0.2) is 4.79 Å². The maximum atomic E-state index is 12.3. The quantitative estimate of drug-likeness (QED) is 0.771. The van der Waals surface area contributed by atoms with Crippen LogP contribution in [-0.2, 0) is 0 Å². The number of hydrogen-bond acceptors (Lipinski definition) is 4. The smallest absolute Gasteiger partial charge is 0.322 e. The van der Waals surface area contributed by atoms with E-state index in [1.807, 2.05) is 50.2 Å². The lowest BCUT2D eigenvalue weighted by Crippen LogP contribution is -2.40. The standard InChI is InChI=1S/C19H18N4O2/c1-11-17(12(2)25-22-11)15-9-14-16(10-20-15)21-19(24)23(3)18(14)13-7-5-4-6-8-13/h4-10,18H,1-3H3,(H,21,24). The third-order valence-electron chi connectivity index (χ3n) is 4.58. The van der Waals surface area contributed by atoms with Crippen LogP contribution in [0, 0.1) is 13.8 Å². The highest BCUT2D eigenvalue weighted by molar-refractivity contribution is 5.93. The van der Waals surface area contributed by atoms with Crippen molar-refractivity contribution in [3.8, 4) is 11.3 Å². The number of amides is 2. The van der Waals surface area contributed by atoms with E-state index in [1.165, 1.54) is 0 Å². The number of pyridine rings is 1. The molecule has 4 rings (SSSR count). The van der Waals surface area contributed by atoms with Crippen LogP contribution in [0.1, 0.15) is 28.6 Å². The van der Waals surface area contributed by atoms with E-state index in [2.05, 4.69) is 15.5 Å². The lowest BCUT2D eigenvalue weighted by Gasteiger charge is -2.35. The molecule has 0 saturated heterocycles. The summed E-state index contributed by atoms with van der Waals surface area (Å²) in [6.07, 6.45) is 1.71. The van der Waals surface area contributed by atoms with Gasteiger partial charge in [-0.1, -0.05) is 35.5 Å². The first kappa shape index (κ1) is 15.4. The van der Waals surface area contributed by atoms with Crippen LogP contribution in [0.5, 0.6) is 0 Å². The Hall–Kier alpha value is -3.15. The Labute approximate surface area is 145 Å². The van der Waals surface area contributed by atoms with Gasteiger partial charge in [-0.05, 0) is 25.5 Å². The molecule has 126 valence electrons. The molecule has 0 saturated carbocycles. The molecular formula is C19H18N4O2. The first-order valence-corrected chi connectivity index (χ1v) is 8.08. The van der Waals surface area contributed by atoms with E-state index < -0.39 is 0 Å². The maximum absolute atomic E-state index is 12.3. The van der Waals surface area contributed by atoms with Crippen molar-refractivity contribution in [3.05, 3.63) is 65.2 Å². The van der Waals surface area contributed by atoms with Crippen LogP contribution in [0.25, 0.3) is 11.3 Å². The van der Waals surface area contributed by atoms with Crippen molar-refractivity contribution in [3.63, 3.8) is 0 Å². The average Bonchev–Trinajstić information content (AvgIpc) is 2.95. The number of benzene rings is 1. The van der Waals surface area contributed by atoms with Gasteiger partial charge in [0.2, 0.25) is 0 Å². The fourth-order valence-corrected chi connectivity index (χ4v) is 3.35. The molecule has 1 aliphatic rings. The Kier molecular flexibility index (Phi) is 3.53. The van der Waals surface area contributed by atoms with Crippen LogP contribution in [0.3, 0.4) is 0 Å². The fraction of sp³-hybridized carbons (Fsp3) is 0.211. The molecule has 0 fully saturated rings. The van der Waals surface area contributed by atoms with Crippen LogP contribution in [-0.4, -0.2) is 28.1 Å². The minimum atomic E-state index is -0.174. The summed E-state index contributed by atoms with van der Waals surface area (Å²) in [6, 6.07) is 11.7. The number of nitrogens with one attached hydrogen (secondary N) is 1. The van der Waals surface area contributed by atoms with E-state index in [9.17, 15) is 4.79 Å². The number of hydrogen-bond donors (Lipinski definition) is 1. The number of nitrogens with zero attached hydrogens (tertiary/aromatic N) is 3. The van der Waals surface area contributed by atoms with Crippen LogP contribution in [0.2, 0.25) is 0 Å². The zero-order valence-electron chi connectivity index (χ0n) is 14.3. The highest BCUT2D eigenvalue weighted by Crippen LogP contribution is 2.38. The molecule has 0 aliphatic carbocycles. The molecule has 2 aromatic heterocycles. The third kappa shape index (κ3) is 2.46. The van der Waals surface area contributed by atoms with Crippen LogP contribution in [0.15, 0.2) is 47.1 Å². The summed E-state index contributed by atoms with van der Waals surface area (Å²) < 4.78 is 5.27. The third-order valence-corrected chi connectivity index (χ3v) is 4.58. The van der Waals surface area contributed by atoms with E-state index in [-0.39, 0.29) is 12.1 Å². The van der Waals surface area contributed by atoms with E-state index in [0.717, 1.165) is 39.5 Å². The minimum Gasteiger partial charge on any atom is -0.361 e. The highest BCUT2D eigenvalue weighted by atomic mass is 16.5. The van der Waals surface area contributed by atoms with Gasteiger partial charge in [-0.2, -0.15) is 0 Å². The summed E-state index contributed by atoms with van der Waals surface area (Å²) >= 11 is 0. The van der Waals surface area contributed by atoms with E-state index >= 15 is 0 Å². The van der Waals surface area contributed by atoms with Gasteiger partial charge >= 0.3 is 6.03 Å². The van der Waals surface area contributed by atoms with Crippen molar-refractivity contribution in [2.75, 3.05) is 12.4 Å². The van der Waals surface area contributed by atoms with Crippen molar-refractivity contribution >= 4 is 11.7 Å². The summed E-state index contributed by atoms with van der Waals surface area (Å²) in [5.74, 6) is 0.731. The summed E-state index contributed by atoms with van der Waals surface area (Å²) in [7, 11) is 1.80. The minimum absolute atomic E-state index is 0.145. The fourth-order valence-electron chi connectivity index (χ4n) is 3.35. The van der Waals surface area contributed by atoms with Crippen LogP contribution >= 0.6 is 0 Å². The summed E-state index contributed by atoms with van der Waals surface area (Å²) in [5.41, 5.74) is 5.27. The zero-order chi connectivity index (χ0) is 17.6. The summed E-state index contributed by atoms with van der Waals surface area (Å²) in [4.78, 5) is 18.5. The van der Waals surface area contributed by atoms with Crippen molar-refractivity contribution < 1.29 is 9.32 Å². The molecule has 1 N–H and O–H groups in total. The Bertz CT molecular complexity index is 930. The van der Waals surface area contributed by atoms with Gasteiger partial charge in [0.1, 0.15) is 5.76 Å². The largest absolute Gasteiger partial charge is 0.361 e. The van der Waals surface area contributed by atoms with Crippen molar-refractivity contribution in [1.82, 2.24) is 15.0 Å². The number of carbonyl (C=O) groups excluding carboxylic acids is 1. The number of carbonyl (C=O) groups is 1. The topological polar surface area (TPSA) is 71.3 Å². The van der Waals surface area contributed by atoms with Gasteiger partial charge in [0, 0.05) is 12.6 Å². The molecule has 0 spiro atoms. The number of aryl methyl sites for hydroxylation is 2. The molecule has 1 aliphatic heterocycles.